The third-order valence-corrected chi connectivity index (χ3v) is 5.36. The molecule has 4 rings (SSSR count). The van der Waals surface area contributed by atoms with Crippen LogP contribution in [0.4, 0.5) is 0 Å². The second-order valence-electron chi connectivity index (χ2n) is 7.76. The van der Waals surface area contributed by atoms with Crippen LogP contribution in [0, 0.1) is 6.92 Å². The van der Waals surface area contributed by atoms with E-state index in [1.54, 1.807) is 0 Å². The number of aliphatic hydroxyl groups excluding tert-OH is 2. The molecule has 0 unspecified atom stereocenters. The summed E-state index contributed by atoms with van der Waals surface area (Å²) in [5, 5.41) is 19.6. The summed E-state index contributed by atoms with van der Waals surface area (Å²) in [6.07, 6.45) is -0.894. The average molecular weight is 364 g/mol. The van der Waals surface area contributed by atoms with Crippen molar-refractivity contribution >= 4 is 16.5 Å². The normalized spacial score (nSPS) is 16.1. The second-order valence-corrected chi connectivity index (χ2v) is 7.76. The van der Waals surface area contributed by atoms with E-state index in [-0.39, 0.29) is 18.6 Å². The van der Waals surface area contributed by atoms with Gasteiger partial charge in [-0.25, -0.2) is 0 Å². The fraction of sp³-hybridized carbons (Fsp3) is 0.304. The number of furan rings is 1. The van der Waals surface area contributed by atoms with Crippen LogP contribution in [0.25, 0.3) is 16.5 Å². The van der Waals surface area contributed by atoms with E-state index in [4.69, 9.17) is 14.3 Å². The van der Waals surface area contributed by atoms with Gasteiger partial charge in [-0.2, -0.15) is 0 Å². The van der Waals surface area contributed by atoms with Crippen molar-refractivity contribution in [3.63, 3.8) is 0 Å². The van der Waals surface area contributed by atoms with Crippen LogP contribution in [0.1, 0.15) is 41.9 Å². The van der Waals surface area contributed by atoms with E-state index >= 15 is 0 Å². The highest BCUT2D eigenvalue weighted by Gasteiger charge is 2.39. The molecule has 0 saturated carbocycles. The summed E-state index contributed by atoms with van der Waals surface area (Å²) in [6, 6.07) is 12.1. The Bertz CT molecular complexity index is 1040. The molecule has 1 aliphatic carbocycles. The molecule has 0 amide bonds. The molecule has 3 aromatic rings. The average Bonchev–Trinajstić information content (AvgIpc) is 3.04. The van der Waals surface area contributed by atoms with Crippen LogP contribution < -0.4 is 4.74 Å². The number of ether oxygens (including phenoxy) is 1. The monoisotopic (exact) mass is 364 g/mol. The summed E-state index contributed by atoms with van der Waals surface area (Å²) >= 11 is 0. The van der Waals surface area contributed by atoms with E-state index in [0.29, 0.717) is 5.75 Å². The Morgan fingerprint density at radius 1 is 1.19 bits per heavy atom. The molecular weight excluding hydrogens is 340 g/mol. The zero-order valence-electron chi connectivity index (χ0n) is 15.9. The molecule has 2 aromatic carbocycles. The number of aliphatic hydroxyl groups is 2. The van der Waals surface area contributed by atoms with Crippen LogP contribution in [0.2, 0.25) is 0 Å². The molecule has 1 aliphatic rings. The van der Waals surface area contributed by atoms with Gasteiger partial charge in [-0.1, -0.05) is 24.8 Å². The Labute approximate surface area is 158 Å². The number of rotatable bonds is 4. The summed E-state index contributed by atoms with van der Waals surface area (Å²) < 4.78 is 11.9. The molecule has 0 fully saturated rings. The summed E-state index contributed by atoms with van der Waals surface area (Å²) in [6.45, 7) is 10.4. The molecule has 0 saturated heterocycles. The van der Waals surface area contributed by atoms with Crippen LogP contribution >= 0.6 is 0 Å². The molecule has 0 spiro atoms. The molecule has 1 atom stereocenters. The van der Waals surface area contributed by atoms with Crippen molar-refractivity contribution in [2.75, 3.05) is 13.2 Å². The first-order valence-electron chi connectivity index (χ1n) is 9.12. The van der Waals surface area contributed by atoms with Crippen LogP contribution in [-0.2, 0) is 5.41 Å². The number of hydrogen-bond acceptors (Lipinski definition) is 4. The minimum absolute atomic E-state index is 0.0474. The molecule has 1 aromatic heterocycles. The van der Waals surface area contributed by atoms with E-state index in [9.17, 15) is 5.11 Å². The Balaban J connectivity index is 1.83. The quantitative estimate of drug-likeness (QED) is 0.729. The van der Waals surface area contributed by atoms with Crippen molar-refractivity contribution < 1.29 is 19.4 Å². The van der Waals surface area contributed by atoms with Crippen LogP contribution in [0.3, 0.4) is 0 Å². The summed E-state index contributed by atoms with van der Waals surface area (Å²) in [5.41, 5.74) is 5.86. The van der Waals surface area contributed by atoms with Gasteiger partial charge >= 0.3 is 0 Å². The van der Waals surface area contributed by atoms with E-state index < -0.39 is 6.10 Å². The minimum Gasteiger partial charge on any atom is -0.491 e. The Morgan fingerprint density at radius 2 is 1.96 bits per heavy atom. The lowest BCUT2D eigenvalue weighted by Crippen LogP contribution is -2.26. The summed E-state index contributed by atoms with van der Waals surface area (Å²) in [7, 11) is 0. The summed E-state index contributed by atoms with van der Waals surface area (Å²) in [4.78, 5) is 0. The second kappa shape index (κ2) is 6.25. The van der Waals surface area contributed by atoms with Crippen molar-refractivity contribution in [3.8, 4) is 5.75 Å². The minimum atomic E-state index is -0.894. The molecular formula is C23H24O4. The Hall–Kier alpha value is -2.56. The lowest BCUT2D eigenvalue weighted by Gasteiger charge is -2.33. The van der Waals surface area contributed by atoms with E-state index in [0.717, 1.165) is 44.6 Å². The smallest absolute Gasteiger partial charge is 0.135 e. The van der Waals surface area contributed by atoms with Gasteiger partial charge in [-0.05, 0) is 61.2 Å². The zero-order valence-corrected chi connectivity index (χ0v) is 15.9. The van der Waals surface area contributed by atoms with Gasteiger partial charge in [0.2, 0.25) is 0 Å². The van der Waals surface area contributed by atoms with Gasteiger partial charge in [-0.15, -0.1) is 0 Å². The van der Waals surface area contributed by atoms with Gasteiger partial charge in [0, 0.05) is 16.4 Å². The molecule has 4 nitrogen and oxygen atoms in total. The number of fused-ring (bicyclic) bond motifs is 4. The maximum absolute atomic E-state index is 9.53. The number of aryl methyl sites for hydroxylation is 1. The van der Waals surface area contributed by atoms with Gasteiger partial charge in [0.15, 0.2) is 0 Å². The number of benzene rings is 2. The molecule has 0 aliphatic heterocycles. The topological polar surface area (TPSA) is 62.8 Å². The fourth-order valence-corrected chi connectivity index (χ4v) is 3.84. The molecule has 4 heteroatoms. The highest BCUT2D eigenvalue weighted by atomic mass is 16.5. The molecule has 27 heavy (non-hydrogen) atoms. The maximum Gasteiger partial charge on any atom is 0.135 e. The predicted octanol–water partition coefficient (Wildman–Crippen LogP) is 4.17. The first kappa shape index (κ1) is 17.8. The van der Waals surface area contributed by atoms with Gasteiger partial charge in [0.25, 0.3) is 0 Å². The van der Waals surface area contributed by atoms with Crippen molar-refractivity contribution in [2.45, 2.75) is 32.3 Å². The SMILES string of the molecule is C=C1c2ccc(OC[C@H](O)CO)cc2C(C)(C)c2oc3cc(C)ccc3c21. The molecule has 0 bridgehead atoms. The van der Waals surface area contributed by atoms with Gasteiger partial charge in [0.05, 0.1) is 6.61 Å². The third-order valence-electron chi connectivity index (χ3n) is 5.36. The third kappa shape index (κ3) is 2.76. The Morgan fingerprint density at radius 3 is 2.70 bits per heavy atom. The highest BCUT2D eigenvalue weighted by Crippen LogP contribution is 2.50. The first-order valence-corrected chi connectivity index (χ1v) is 9.12. The van der Waals surface area contributed by atoms with E-state index in [2.05, 4.69) is 45.5 Å². The van der Waals surface area contributed by atoms with Crippen molar-refractivity contribution in [1.82, 2.24) is 0 Å². The lowest BCUT2D eigenvalue weighted by atomic mass is 9.70. The maximum atomic E-state index is 9.53. The largest absolute Gasteiger partial charge is 0.491 e. The van der Waals surface area contributed by atoms with Gasteiger partial charge in [0.1, 0.15) is 29.8 Å². The van der Waals surface area contributed by atoms with Crippen molar-refractivity contribution in [2.24, 2.45) is 0 Å². The zero-order chi connectivity index (χ0) is 19.3. The molecule has 0 radical (unpaired) electrons. The molecule has 140 valence electrons. The highest BCUT2D eigenvalue weighted by molar-refractivity contribution is 5.99. The van der Waals surface area contributed by atoms with Crippen molar-refractivity contribution in [1.29, 1.82) is 0 Å². The summed E-state index contributed by atoms with van der Waals surface area (Å²) in [5.74, 6) is 1.56. The van der Waals surface area contributed by atoms with Crippen LogP contribution in [0.5, 0.6) is 5.75 Å². The Kier molecular flexibility index (Phi) is 4.13. The van der Waals surface area contributed by atoms with Gasteiger partial charge in [-0.3, -0.25) is 0 Å². The number of hydrogen-bond donors (Lipinski definition) is 2. The van der Waals surface area contributed by atoms with Gasteiger partial charge < -0.3 is 19.4 Å². The molecule has 1 heterocycles. The standard InChI is InChI=1S/C23H24O4/c1-13-5-7-18-20(9-13)27-22-21(18)14(2)17-8-6-16(26-12-15(25)11-24)10-19(17)23(22,3)4/h5-10,15,24-25H,2,11-12H2,1,3-4H3/t15-/m1/s1. The van der Waals surface area contributed by atoms with E-state index in [1.165, 1.54) is 0 Å². The van der Waals surface area contributed by atoms with Crippen LogP contribution in [-0.4, -0.2) is 29.5 Å². The van der Waals surface area contributed by atoms with E-state index in [1.807, 2.05) is 18.2 Å². The predicted molar refractivity (Wildman–Crippen MR) is 106 cm³/mol. The van der Waals surface area contributed by atoms with Crippen LogP contribution in [0.15, 0.2) is 47.4 Å². The lowest BCUT2D eigenvalue weighted by molar-refractivity contribution is 0.0535. The van der Waals surface area contributed by atoms with Crippen molar-refractivity contribution in [3.05, 3.63) is 71.0 Å². The first-order chi connectivity index (χ1) is 12.8. The fourth-order valence-electron chi connectivity index (χ4n) is 3.84. The molecule has 2 N–H and O–H groups in total.